The number of carbonyl (C=O) groups is 1. The first-order chi connectivity index (χ1) is 7.70. The smallest absolute Gasteiger partial charge is 0.293 e. The van der Waals surface area contributed by atoms with Gasteiger partial charge in [0.05, 0.1) is 6.10 Å². The molecule has 0 aliphatic carbocycles. The molecule has 88 valence electrons. The van der Waals surface area contributed by atoms with E-state index in [4.69, 9.17) is 0 Å². The molecule has 6 nitrogen and oxygen atoms in total. The number of β-amino-alcohol motifs (C(OH)–C–C–N with tert-alkyl or cyclic N) is 1. The zero-order valence-corrected chi connectivity index (χ0v) is 9.31. The number of aliphatic hydroxyl groups excluding tert-OH is 1. The van der Waals surface area contributed by atoms with Crippen LogP contribution in [-0.4, -0.2) is 50.3 Å². The summed E-state index contributed by atoms with van der Waals surface area (Å²) in [5.74, 6) is 0.710. The number of aromatic nitrogens is 3. The molecule has 16 heavy (non-hydrogen) atoms. The maximum Gasteiger partial charge on any atom is 0.293 e. The molecule has 1 atom stereocenters. The summed E-state index contributed by atoms with van der Waals surface area (Å²) in [5, 5.41) is 16.1. The number of piperidine rings is 1. The predicted molar refractivity (Wildman–Crippen MR) is 56.9 cm³/mol. The van der Waals surface area contributed by atoms with Gasteiger partial charge in [-0.05, 0) is 12.8 Å². The van der Waals surface area contributed by atoms with E-state index in [0.29, 0.717) is 18.9 Å². The lowest BCUT2D eigenvalue weighted by atomic mass is 10.1. The second kappa shape index (κ2) is 4.61. The zero-order valence-electron chi connectivity index (χ0n) is 9.31. The van der Waals surface area contributed by atoms with E-state index < -0.39 is 6.10 Å². The summed E-state index contributed by atoms with van der Waals surface area (Å²) < 4.78 is 0. The van der Waals surface area contributed by atoms with Crippen LogP contribution in [0.25, 0.3) is 0 Å². The minimum absolute atomic E-state index is 0.199. The van der Waals surface area contributed by atoms with Crippen molar-refractivity contribution < 1.29 is 9.90 Å². The highest BCUT2D eigenvalue weighted by atomic mass is 16.3. The third-order valence-electron chi connectivity index (χ3n) is 2.74. The highest BCUT2D eigenvalue weighted by molar-refractivity contribution is 5.90. The van der Waals surface area contributed by atoms with E-state index in [0.717, 1.165) is 19.3 Å². The van der Waals surface area contributed by atoms with Gasteiger partial charge in [-0.2, -0.15) is 0 Å². The molecular formula is C10H16N4O2. The molecule has 1 aromatic heterocycles. The Morgan fingerprint density at radius 1 is 1.69 bits per heavy atom. The third-order valence-corrected chi connectivity index (χ3v) is 2.74. The fraction of sp³-hybridized carbons (Fsp3) is 0.700. The summed E-state index contributed by atoms with van der Waals surface area (Å²) in [6.07, 6.45) is 1.90. The van der Waals surface area contributed by atoms with Crippen molar-refractivity contribution in [1.82, 2.24) is 20.1 Å². The van der Waals surface area contributed by atoms with Crippen LogP contribution < -0.4 is 0 Å². The molecule has 2 rings (SSSR count). The molecule has 0 bridgehead atoms. The largest absolute Gasteiger partial charge is 0.391 e. The molecule has 0 aromatic carbocycles. The number of aliphatic hydroxyl groups is 1. The summed E-state index contributed by atoms with van der Waals surface area (Å²) in [4.78, 5) is 17.6. The number of hydrogen-bond acceptors (Lipinski definition) is 4. The van der Waals surface area contributed by atoms with Crippen molar-refractivity contribution in [2.45, 2.75) is 32.3 Å². The molecule has 0 unspecified atom stereocenters. The van der Waals surface area contributed by atoms with Gasteiger partial charge in [0.2, 0.25) is 5.82 Å². The van der Waals surface area contributed by atoms with Gasteiger partial charge < -0.3 is 10.0 Å². The number of likely N-dealkylation sites (tertiary alicyclic amines) is 1. The molecule has 1 amide bonds. The molecule has 0 radical (unpaired) electrons. The molecule has 1 saturated heterocycles. The number of amides is 1. The van der Waals surface area contributed by atoms with Gasteiger partial charge in [-0.15, -0.1) is 5.10 Å². The van der Waals surface area contributed by atoms with Crippen LogP contribution in [0.15, 0.2) is 0 Å². The van der Waals surface area contributed by atoms with E-state index in [9.17, 15) is 9.90 Å². The van der Waals surface area contributed by atoms with Gasteiger partial charge in [0.15, 0.2) is 0 Å². The molecule has 0 spiro atoms. The summed E-state index contributed by atoms with van der Waals surface area (Å²) in [6.45, 7) is 3.00. The van der Waals surface area contributed by atoms with E-state index in [1.165, 1.54) is 0 Å². The Hall–Kier alpha value is -1.43. The molecule has 2 heterocycles. The summed E-state index contributed by atoms with van der Waals surface area (Å²) in [6, 6.07) is 0. The first kappa shape index (κ1) is 11.1. The van der Waals surface area contributed by atoms with Gasteiger partial charge in [-0.3, -0.25) is 9.89 Å². The van der Waals surface area contributed by atoms with Crippen LogP contribution in [0.3, 0.4) is 0 Å². The monoisotopic (exact) mass is 224 g/mol. The fourth-order valence-corrected chi connectivity index (χ4v) is 1.83. The summed E-state index contributed by atoms with van der Waals surface area (Å²) in [7, 11) is 0. The SMILES string of the molecule is CCc1nc(C(=O)N2CCC[C@H](O)C2)n[nH]1. The molecule has 0 saturated carbocycles. The summed E-state index contributed by atoms with van der Waals surface area (Å²) in [5.41, 5.74) is 0. The molecule has 1 aromatic rings. The van der Waals surface area contributed by atoms with Crippen molar-refractivity contribution in [3.63, 3.8) is 0 Å². The van der Waals surface area contributed by atoms with Crippen molar-refractivity contribution in [2.75, 3.05) is 13.1 Å². The number of H-pyrrole nitrogens is 1. The number of aromatic amines is 1. The van der Waals surface area contributed by atoms with Gasteiger partial charge in [0.25, 0.3) is 5.91 Å². The zero-order chi connectivity index (χ0) is 11.5. The number of aryl methyl sites for hydroxylation is 1. The van der Waals surface area contributed by atoms with Crippen molar-refractivity contribution in [1.29, 1.82) is 0 Å². The van der Waals surface area contributed by atoms with Crippen LogP contribution in [0.1, 0.15) is 36.2 Å². The lowest BCUT2D eigenvalue weighted by Gasteiger charge is -2.29. The average molecular weight is 224 g/mol. The maximum atomic E-state index is 11.9. The number of hydrogen-bond donors (Lipinski definition) is 2. The Morgan fingerprint density at radius 3 is 3.12 bits per heavy atom. The van der Waals surface area contributed by atoms with Crippen LogP contribution in [0, 0.1) is 0 Å². The molecule has 1 fully saturated rings. The quantitative estimate of drug-likeness (QED) is 0.738. The van der Waals surface area contributed by atoms with Gasteiger partial charge >= 0.3 is 0 Å². The molecule has 6 heteroatoms. The standard InChI is InChI=1S/C10H16N4O2/c1-2-8-11-9(13-12-8)10(16)14-5-3-4-7(15)6-14/h7,15H,2-6H2,1H3,(H,11,12,13)/t7-/m0/s1. The summed E-state index contributed by atoms with van der Waals surface area (Å²) >= 11 is 0. The first-order valence-electron chi connectivity index (χ1n) is 5.59. The highest BCUT2D eigenvalue weighted by Crippen LogP contribution is 2.11. The Bertz CT molecular complexity index is 377. The second-order valence-electron chi connectivity index (χ2n) is 4.01. The molecule has 1 aliphatic rings. The topological polar surface area (TPSA) is 82.1 Å². The molecule has 1 aliphatic heterocycles. The van der Waals surface area contributed by atoms with Crippen molar-refractivity contribution in [3.05, 3.63) is 11.6 Å². The Morgan fingerprint density at radius 2 is 2.50 bits per heavy atom. The average Bonchev–Trinajstić information content (AvgIpc) is 2.76. The van der Waals surface area contributed by atoms with Crippen LogP contribution in [0.2, 0.25) is 0 Å². The van der Waals surface area contributed by atoms with Gasteiger partial charge in [-0.1, -0.05) is 6.92 Å². The fourth-order valence-electron chi connectivity index (χ4n) is 1.83. The van der Waals surface area contributed by atoms with E-state index in [2.05, 4.69) is 15.2 Å². The number of carbonyl (C=O) groups excluding carboxylic acids is 1. The van der Waals surface area contributed by atoms with Crippen molar-refractivity contribution >= 4 is 5.91 Å². The second-order valence-corrected chi connectivity index (χ2v) is 4.01. The predicted octanol–water partition coefficient (Wildman–Crippen LogP) is -0.0360. The Balaban J connectivity index is 2.06. The first-order valence-corrected chi connectivity index (χ1v) is 5.59. The number of rotatable bonds is 2. The van der Waals surface area contributed by atoms with Crippen molar-refractivity contribution in [3.8, 4) is 0 Å². The normalized spacial score (nSPS) is 21.1. The van der Waals surface area contributed by atoms with Gasteiger partial charge in [0, 0.05) is 19.5 Å². The Kier molecular flexibility index (Phi) is 3.19. The maximum absolute atomic E-state index is 11.9. The Labute approximate surface area is 93.7 Å². The molecule has 2 N–H and O–H groups in total. The van der Waals surface area contributed by atoms with E-state index >= 15 is 0 Å². The van der Waals surface area contributed by atoms with Crippen LogP contribution >= 0.6 is 0 Å². The highest BCUT2D eigenvalue weighted by Gasteiger charge is 2.25. The minimum atomic E-state index is -0.415. The minimum Gasteiger partial charge on any atom is -0.391 e. The van der Waals surface area contributed by atoms with Crippen LogP contribution in [0.4, 0.5) is 0 Å². The van der Waals surface area contributed by atoms with E-state index in [1.807, 2.05) is 6.92 Å². The van der Waals surface area contributed by atoms with Crippen LogP contribution in [-0.2, 0) is 6.42 Å². The van der Waals surface area contributed by atoms with Crippen LogP contribution in [0.5, 0.6) is 0 Å². The lowest BCUT2D eigenvalue weighted by molar-refractivity contribution is 0.0464. The molecular weight excluding hydrogens is 208 g/mol. The number of nitrogens with one attached hydrogen (secondary N) is 1. The van der Waals surface area contributed by atoms with Gasteiger partial charge in [-0.25, -0.2) is 4.98 Å². The van der Waals surface area contributed by atoms with E-state index in [1.54, 1.807) is 4.90 Å². The van der Waals surface area contributed by atoms with E-state index in [-0.39, 0.29) is 11.7 Å². The van der Waals surface area contributed by atoms with Gasteiger partial charge in [0.1, 0.15) is 5.82 Å². The lowest BCUT2D eigenvalue weighted by Crippen LogP contribution is -2.42. The van der Waals surface area contributed by atoms with Crippen molar-refractivity contribution in [2.24, 2.45) is 0 Å². The third kappa shape index (κ3) is 2.21. The number of nitrogens with zero attached hydrogens (tertiary/aromatic N) is 3.